The summed E-state index contributed by atoms with van der Waals surface area (Å²) in [6.07, 6.45) is 0.626. The Balaban J connectivity index is 0.000000980. The van der Waals surface area contributed by atoms with Crippen molar-refractivity contribution in [2.45, 2.75) is 6.42 Å². The van der Waals surface area contributed by atoms with Crippen molar-refractivity contribution in [2.75, 3.05) is 6.61 Å². The fourth-order valence-electron chi connectivity index (χ4n) is 1.62. The van der Waals surface area contributed by atoms with E-state index in [1.54, 1.807) is 0 Å². The largest absolute Gasteiger partial charge is 1.00 e. The van der Waals surface area contributed by atoms with Gasteiger partial charge in [-0.15, -0.1) is 6.61 Å². The molecule has 0 aromatic heterocycles. The van der Waals surface area contributed by atoms with E-state index in [1.807, 2.05) is 24.3 Å². The number of rotatable bonds is 2. The minimum atomic E-state index is -0.0337. The third kappa shape index (κ3) is 2.19. The van der Waals surface area contributed by atoms with Crippen molar-refractivity contribution in [2.24, 2.45) is 0 Å². The summed E-state index contributed by atoms with van der Waals surface area (Å²) in [6.45, 7) is -0.0337. The molecule has 0 bridgehead atoms. The van der Waals surface area contributed by atoms with Crippen LogP contribution in [0.5, 0.6) is 0 Å². The molecule has 2 rings (SSSR count). The molecular weight excluding hydrogens is 167 g/mol. The summed E-state index contributed by atoms with van der Waals surface area (Å²) in [4.78, 5) is 0. The molecule has 0 N–H and O–H groups in total. The number of benzene rings is 2. The Kier molecular flexibility index (Phi) is 4.22. The molecule has 14 heavy (non-hydrogen) atoms. The van der Waals surface area contributed by atoms with Crippen LogP contribution in [0.2, 0.25) is 0 Å². The van der Waals surface area contributed by atoms with Gasteiger partial charge in [0.25, 0.3) is 0 Å². The number of fused-ring (bicyclic) bond motifs is 1. The molecule has 2 heteroatoms. The van der Waals surface area contributed by atoms with E-state index in [1.165, 1.54) is 10.8 Å². The Bertz CT molecular complexity index is 406. The second kappa shape index (κ2) is 5.22. The van der Waals surface area contributed by atoms with Gasteiger partial charge < -0.3 is 5.11 Å². The van der Waals surface area contributed by atoms with Gasteiger partial charge in [0.1, 0.15) is 0 Å². The maximum atomic E-state index is 10.5. The molecule has 0 saturated heterocycles. The molecule has 0 spiro atoms. The van der Waals surface area contributed by atoms with E-state index >= 15 is 0 Å². The topological polar surface area (TPSA) is 23.1 Å². The van der Waals surface area contributed by atoms with E-state index in [0.717, 1.165) is 5.56 Å². The van der Waals surface area contributed by atoms with Crippen molar-refractivity contribution < 1.29 is 24.0 Å². The van der Waals surface area contributed by atoms with Crippen molar-refractivity contribution in [3.8, 4) is 0 Å². The Morgan fingerprint density at radius 2 is 1.64 bits per heavy atom. The van der Waals surface area contributed by atoms with Crippen LogP contribution in [-0.2, 0) is 6.42 Å². The SMILES string of the molecule is [Li+].[O-]CCc1cccc2ccccc12. The van der Waals surface area contributed by atoms with Gasteiger partial charge in [-0.25, -0.2) is 0 Å². The summed E-state index contributed by atoms with van der Waals surface area (Å²) in [6, 6.07) is 14.3. The van der Waals surface area contributed by atoms with Crippen LogP contribution in [0.15, 0.2) is 42.5 Å². The predicted octanol–water partition coefficient (Wildman–Crippen LogP) is -1.25. The molecule has 2 aromatic rings. The van der Waals surface area contributed by atoms with E-state index in [2.05, 4.69) is 18.2 Å². The quantitative estimate of drug-likeness (QED) is 0.527. The van der Waals surface area contributed by atoms with E-state index in [-0.39, 0.29) is 25.5 Å². The first kappa shape index (κ1) is 11.3. The van der Waals surface area contributed by atoms with Gasteiger partial charge in [-0.3, -0.25) is 0 Å². The zero-order chi connectivity index (χ0) is 9.10. The normalized spacial score (nSPS) is 9.79. The monoisotopic (exact) mass is 178 g/mol. The summed E-state index contributed by atoms with van der Waals surface area (Å²) >= 11 is 0. The van der Waals surface area contributed by atoms with Crippen LogP contribution in [0.1, 0.15) is 5.56 Å². The molecule has 2 aromatic carbocycles. The summed E-state index contributed by atoms with van der Waals surface area (Å²) in [5.41, 5.74) is 1.16. The van der Waals surface area contributed by atoms with Crippen LogP contribution in [-0.4, -0.2) is 6.61 Å². The molecule has 1 nitrogen and oxygen atoms in total. The van der Waals surface area contributed by atoms with E-state index in [9.17, 15) is 5.11 Å². The third-order valence-corrected chi connectivity index (χ3v) is 2.25. The van der Waals surface area contributed by atoms with Crippen LogP contribution in [0.4, 0.5) is 0 Å². The third-order valence-electron chi connectivity index (χ3n) is 2.25. The first-order valence-electron chi connectivity index (χ1n) is 4.46. The van der Waals surface area contributed by atoms with Crippen molar-refractivity contribution in [1.82, 2.24) is 0 Å². The zero-order valence-corrected chi connectivity index (χ0v) is 8.36. The molecule has 0 aliphatic rings. The Morgan fingerprint density at radius 1 is 0.929 bits per heavy atom. The molecule has 0 aliphatic heterocycles. The number of hydrogen-bond donors (Lipinski definition) is 0. The average Bonchev–Trinajstić information content (AvgIpc) is 2.19. The van der Waals surface area contributed by atoms with Crippen LogP contribution in [0.25, 0.3) is 10.8 Å². The van der Waals surface area contributed by atoms with E-state index in [4.69, 9.17) is 0 Å². The van der Waals surface area contributed by atoms with Crippen molar-refractivity contribution in [3.05, 3.63) is 48.0 Å². The van der Waals surface area contributed by atoms with Crippen molar-refractivity contribution in [3.63, 3.8) is 0 Å². The fraction of sp³-hybridized carbons (Fsp3) is 0.167. The van der Waals surface area contributed by atoms with Crippen LogP contribution < -0.4 is 24.0 Å². The molecular formula is C12H11LiO. The molecule has 0 fully saturated rings. The standard InChI is InChI=1S/C12H11O.Li/c13-9-8-11-6-3-5-10-4-1-2-7-12(10)11;/h1-7H,8-9H2;/q-1;+1. The van der Waals surface area contributed by atoms with Crippen LogP contribution in [0, 0.1) is 0 Å². The van der Waals surface area contributed by atoms with Gasteiger partial charge in [0.2, 0.25) is 0 Å². The fourth-order valence-corrected chi connectivity index (χ4v) is 1.62. The number of hydrogen-bond acceptors (Lipinski definition) is 1. The molecule has 0 aliphatic carbocycles. The van der Waals surface area contributed by atoms with Gasteiger partial charge >= 0.3 is 18.9 Å². The Morgan fingerprint density at radius 3 is 2.43 bits per heavy atom. The minimum absolute atomic E-state index is 0. The van der Waals surface area contributed by atoms with Gasteiger partial charge in [0.05, 0.1) is 0 Å². The minimum Gasteiger partial charge on any atom is -0.854 e. The van der Waals surface area contributed by atoms with Gasteiger partial charge in [0, 0.05) is 0 Å². The smallest absolute Gasteiger partial charge is 0.854 e. The molecule has 0 heterocycles. The molecule has 0 amide bonds. The van der Waals surface area contributed by atoms with E-state index in [0.29, 0.717) is 6.42 Å². The average molecular weight is 178 g/mol. The first-order chi connectivity index (χ1) is 6.42. The maximum Gasteiger partial charge on any atom is 1.00 e. The molecule has 66 valence electrons. The molecule has 0 atom stereocenters. The van der Waals surface area contributed by atoms with Crippen LogP contribution >= 0.6 is 0 Å². The van der Waals surface area contributed by atoms with E-state index < -0.39 is 0 Å². The summed E-state index contributed by atoms with van der Waals surface area (Å²) < 4.78 is 0. The summed E-state index contributed by atoms with van der Waals surface area (Å²) in [5, 5.41) is 13.0. The molecule has 0 radical (unpaired) electrons. The maximum absolute atomic E-state index is 10.5. The second-order valence-electron chi connectivity index (χ2n) is 3.09. The predicted molar refractivity (Wildman–Crippen MR) is 52.5 cm³/mol. The van der Waals surface area contributed by atoms with Crippen molar-refractivity contribution >= 4 is 10.8 Å². The Labute approximate surface area is 95.9 Å². The van der Waals surface area contributed by atoms with Gasteiger partial charge in [-0.2, -0.15) is 0 Å². The Hall–Kier alpha value is -0.743. The second-order valence-corrected chi connectivity index (χ2v) is 3.09. The summed E-state index contributed by atoms with van der Waals surface area (Å²) in [5.74, 6) is 0. The van der Waals surface area contributed by atoms with Gasteiger partial charge in [0.15, 0.2) is 0 Å². The molecule has 0 saturated carbocycles. The molecule has 0 unspecified atom stereocenters. The first-order valence-corrected chi connectivity index (χ1v) is 4.46. The summed E-state index contributed by atoms with van der Waals surface area (Å²) in [7, 11) is 0. The van der Waals surface area contributed by atoms with Gasteiger partial charge in [-0.1, -0.05) is 42.5 Å². The van der Waals surface area contributed by atoms with Gasteiger partial charge in [-0.05, 0) is 22.8 Å². The zero-order valence-electron chi connectivity index (χ0n) is 8.36. The van der Waals surface area contributed by atoms with Crippen molar-refractivity contribution in [1.29, 1.82) is 0 Å². The van der Waals surface area contributed by atoms with Crippen LogP contribution in [0.3, 0.4) is 0 Å².